The Kier molecular flexibility index (Phi) is 11.3. The first kappa shape index (κ1) is 34.9. The second-order valence-electron chi connectivity index (χ2n) is 12.2. The van der Waals surface area contributed by atoms with Crippen molar-refractivity contribution in [3.63, 3.8) is 0 Å². The molecular formula is C33H41ClFN5O6S. The molecule has 0 aliphatic carbocycles. The topological polar surface area (TPSA) is 156 Å². The van der Waals surface area contributed by atoms with E-state index in [0.717, 1.165) is 6.42 Å². The molecule has 14 heteroatoms. The van der Waals surface area contributed by atoms with Gasteiger partial charge in [-0.3, -0.25) is 13.9 Å². The molecule has 5 rings (SSSR count). The maximum absolute atomic E-state index is 15.4. The van der Waals surface area contributed by atoms with Crippen LogP contribution in [-0.4, -0.2) is 78.6 Å². The Labute approximate surface area is 280 Å². The Bertz CT molecular complexity index is 1560. The van der Waals surface area contributed by atoms with Gasteiger partial charge in [-0.05, 0) is 81.0 Å². The molecule has 2 aromatic carbocycles. The second kappa shape index (κ2) is 15.2. The number of nitrogens with zero attached hydrogens (tertiary/aromatic N) is 2. The van der Waals surface area contributed by atoms with E-state index in [9.17, 15) is 23.8 Å². The van der Waals surface area contributed by atoms with Crippen molar-refractivity contribution in [2.45, 2.75) is 69.7 Å². The van der Waals surface area contributed by atoms with E-state index in [4.69, 9.17) is 16.3 Å². The highest BCUT2D eigenvalue weighted by Gasteiger charge is 2.38. The van der Waals surface area contributed by atoms with Gasteiger partial charge < -0.3 is 25.8 Å². The lowest BCUT2D eigenvalue weighted by atomic mass is 9.84. The van der Waals surface area contributed by atoms with Gasteiger partial charge in [0.2, 0.25) is 11.8 Å². The van der Waals surface area contributed by atoms with E-state index in [2.05, 4.69) is 20.9 Å². The molecule has 254 valence electrons. The molecule has 0 spiro atoms. The van der Waals surface area contributed by atoms with Gasteiger partial charge in [0.25, 0.3) is 0 Å². The van der Waals surface area contributed by atoms with Gasteiger partial charge in [0.15, 0.2) is 0 Å². The molecule has 2 amide bonds. The molecule has 3 aromatic rings. The number of benzene rings is 2. The van der Waals surface area contributed by atoms with Gasteiger partial charge in [-0.15, -0.1) is 10.8 Å². The van der Waals surface area contributed by atoms with Crippen molar-refractivity contribution >= 4 is 40.1 Å². The number of aromatic nitrogens is 1. The van der Waals surface area contributed by atoms with Gasteiger partial charge in [-0.2, -0.15) is 0 Å². The number of carbonyl (C=O) groups is 2. The van der Waals surface area contributed by atoms with Gasteiger partial charge in [0.1, 0.15) is 11.9 Å². The summed E-state index contributed by atoms with van der Waals surface area (Å²) in [6.07, 6.45) is 2.10. The molecule has 2 fully saturated rings. The van der Waals surface area contributed by atoms with Gasteiger partial charge in [0, 0.05) is 59.6 Å². The number of anilines is 1. The molecule has 3 unspecified atom stereocenters. The minimum absolute atomic E-state index is 0.170. The summed E-state index contributed by atoms with van der Waals surface area (Å²) < 4.78 is 44.6. The van der Waals surface area contributed by atoms with Crippen LogP contribution in [0.15, 0.2) is 60.8 Å². The first-order chi connectivity index (χ1) is 22.4. The monoisotopic (exact) mass is 689 g/mol. The standard InChI is InChI=1S/C33H41ClFN5O6S/c1-20(2)46-29-17-22(14-15-36-29)30(21-8-10-23(34)11-9-21)31(39-33(42)43)32(41)38-28-7-3-6-27(35)26(28)13-12-25-18-37-24-5-4-16-47(44,45)40(25)19-24/h3,6-11,14-15,17,20,24-25,30-31,37,39,44-45H,4-5,12-13,16,18-19H2,1-2H3,(H,38,41)(H,42,43)/t24?,25?,30-,31-/m0/s1. The molecule has 2 saturated heterocycles. The number of amides is 2. The lowest BCUT2D eigenvalue weighted by Crippen LogP contribution is -2.55. The SMILES string of the molecule is CC(C)Oc1cc([C@H](c2ccc(Cl)cc2)[C@H](NC(=O)O)C(=O)Nc2cccc(F)c2CCC2CNC3CCCS(O)(O)N2C3)ccn1. The lowest BCUT2D eigenvalue weighted by Gasteiger charge is -2.49. The highest BCUT2D eigenvalue weighted by Crippen LogP contribution is 2.49. The zero-order valence-electron chi connectivity index (χ0n) is 26.2. The third-order valence-corrected chi connectivity index (χ3v) is 10.8. The smallest absolute Gasteiger partial charge is 0.405 e. The van der Waals surface area contributed by atoms with Crippen molar-refractivity contribution in [3.05, 3.63) is 88.3 Å². The normalized spacial score (nSPS) is 22.4. The van der Waals surface area contributed by atoms with Crippen LogP contribution < -0.4 is 20.7 Å². The third-order valence-electron chi connectivity index (χ3n) is 8.50. The maximum atomic E-state index is 15.4. The Balaban J connectivity index is 1.44. The first-order valence-electron chi connectivity index (χ1n) is 15.6. The summed E-state index contributed by atoms with van der Waals surface area (Å²) in [4.78, 5) is 30.4. The molecule has 11 nitrogen and oxygen atoms in total. The number of carbonyl (C=O) groups excluding carboxylic acids is 1. The third kappa shape index (κ3) is 8.72. The molecule has 5 atom stereocenters. The second-order valence-corrected chi connectivity index (χ2v) is 14.8. The average Bonchev–Trinajstić information content (AvgIpc) is 3.12. The van der Waals surface area contributed by atoms with Crippen LogP contribution in [0.3, 0.4) is 0 Å². The summed E-state index contributed by atoms with van der Waals surface area (Å²) >= 11 is 6.16. The van der Waals surface area contributed by atoms with Crippen molar-refractivity contribution in [1.82, 2.24) is 19.9 Å². The van der Waals surface area contributed by atoms with E-state index in [-0.39, 0.29) is 35.9 Å². The van der Waals surface area contributed by atoms with Crippen LogP contribution in [0.4, 0.5) is 14.9 Å². The zero-order valence-corrected chi connectivity index (χ0v) is 27.8. The highest BCUT2D eigenvalue weighted by atomic mass is 35.5. The fourth-order valence-corrected chi connectivity index (χ4v) is 8.32. The van der Waals surface area contributed by atoms with Crippen molar-refractivity contribution in [2.75, 3.05) is 24.2 Å². The van der Waals surface area contributed by atoms with Gasteiger partial charge in [0.05, 0.1) is 11.9 Å². The first-order valence-corrected chi connectivity index (χ1v) is 17.7. The average molecular weight is 690 g/mol. The Morgan fingerprint density at radius 1 is 1.17 bits per heavy atom. The Hall–Kier alpha value is -3.46. The summed E-state index contributed by atoms with van der Waals surface area (Å²) in [7, 11) is -2.94. The maximum Gasteiger partial charge on any atom is 0.405 e. The molecule has 2 aliphatic heterocycles. The van der Waals surface area contributed by atoms with E-state index in [0.29, 0.717) is 53.7 Å². The van der Waals surface area contributed by atoms with Crippen molar-refractivity contribution in [2.24, 2.45) is 0 Å². The van der Waals surface area contributed by atoms with Crippen LogP contribution in [0.2, 0.25) is 5.02 Å². The number of rotatable bonds is 11. The summed E-state index contributed by atoms with van der Waals surface area (Å²) in [5.41, 5.74) is 1.60. The number of hydrogen-bond donors (Lipinski definition) is 6. The highest BCUT2D eigenvalue weighted by molar-refractivity contribution is 8.22. The molecule has 0 radical (unpaired) electrons. The van der Waals surface area contributed by atoms with Crippen LogP contribution in [0, 0.1) is 5.82 Å². The number of ether oxygens (including phenoxy) is 1. The molecule has 0 saturated carbocycles. The van der Waals surface area contributed by atoms with E-state index in [1.807, 2.05) is 13.8 Å². The van der Waals surface area contributed by atoms with Crippen molar-refractivity contribution < 1.29 is 32.9 Å². The Morgan fingerprint density at radius 3 is 2.66 bits per heavy atom. The summed E-state index contributed by atoms with van der Waals surface area (Å²) in [5, 5.41) is 19.0. The van der Waals surface area contributed by atoms with Crippen LogP contribution >= 0.6 is 22.4 Å². The summed E-state index contributed by atoms with van der Waals surface area (Å²) in [6, 6.07) is 13.0. The van der Waals surface area contributed by atoms with E-state index in [1.54, 1.807) is 46.8 Å². The van der Waals surface area contributed by atoms with E-state index >= 15 is 4.39 Å². The number of pyridine rings is 1. The number of halogens is 2. The largest absolute Gasteiger partial charge is 0.475 e. The van der Waals surface area contributed by atoms with Crippen LogP contribution in [0.25, 0.3) is 0 Å². The van der Waals surface area contributed by atoms with Gasteiger partial charge in [-0.1, -0.05) is 29.8 Å². The van der Waals surface area contributed by atoms with Gasteiger partial charge in [-0.25, -0.2) is 18.5 Å². The molecule has 2 aliphatic rings. The van der Waals surface area contributed by atoms with Crippen LogP contribution in [0.1, 0.15) is 55.7 Å². The minimum Gasteiger partial charge on any atom is -0.475 e. The number of piperazine rings is 1. The number of carboxylic acid groups (broad SMARTS) is 1. The molecule has 2 bridgehead atoms. The number of nitrogens with one attached hydrogen (secondary N) is 3. The molecule has 47 heavy (non-hydrogen) atoms. The van der Waals surface area contributed by atoms with Crippen molar-refractivity contribution in [3.8, 4) is 5.88 Å². The van der Waals surface area contributed by atoms with Crippen LogP contribution in [-0.2, 0) is 11.2 Å². The van der Waals surface area contributed by atoms with Gasteiger partial charge >= 0.3 is 6.09 Å². The molecule has 6 N–H and O–H groups in total. The molecular weight excluding hydrogens is 649 g/mol. The lowest BCUT2D eigenvalue weighted by molar-refractivity contribution is -0.118. The fraction of sp³-hybridized carbons (Fsp3) is 0.424. The minimum atomic E-state index is -2.94. The Morgan fingerprint density at radius 2 is 1.94 bits per heavy atom. The fourth-order valence-electron chi connectivity index (χ4n) is 6.33. The quantitative estimate of drug-likeness (QED) is 0.140. The van der Waals surface area contributed by atoms with Crippen LogP contribution in [0.5, 0.6) is 5.88 Å². The zero-order chi connectivity index (χ0) is 33.7. The number of fused-ring (bicyclic) bond motifs is 2. The molecule has 1 aromatic heterocycles. The predicted molar refractivity (Wildman–Crippen MR) is 181 cm³/mol. The predicted octanol–water partition coefficient (Wildman–Crippen LogP) is 6.10. The van der Waals surface area contributed by atoms with Crippen molar-refractivity contribution in [1.29, 1.82) is 0 Å². The van der Waals surface area contributed by atoms with E-state index in [1.165, 1.54) is 18.3 Å². The molecule has 3 heterocycles. The summed E-state index contributed by atoms with van der Waals surface area (Å²) in [5.74, 6) is -1.46. The number of hydrogen-bond acceptors (Lipinski definition) is 8. The van der Waals surface area contributed by atoms with E-state index < -0.39 is 40.6 Å². The summed E-state index contributed by atoms with van der Waals surface area (Å²) in [6.45, 7) is 4.73.